The predicted molar refractivity (Wildman–Crippen MR) is 114 cm³/mol. The molecule has 0 spiro atoms. The second-order valence-corrected chi connectivity index (χ2v) is 8.65. The molecule has 162 valence electrons. The van der Waals surface area contributed by atoms with Crippen LogP contribution in [0.2, 0.25) is 0 Å². The summed E-state index contributed by atoms with van der Waals surface area (Å²) in [6.07, 6.45) is 2.38. The molecular weight excluding hydrogens is 371 g/mol. The topological polar surface area (TPSA) is 58.1 Å². The lowest BCUT2D eigenvalue weighted by Gasteiger charge is -2.41. The average Bonchev–Trinajstić information content (AvgIpc) is 3.55. The van der Waals surface area contributed by atoms with Crippen LogP contribution in [0.15, 0.2) is 23.2 Å². The van der Waals surface area contributed by atoms with Gasteiger partial charge < -0.3 is 20.1 Å². The molecule has 2 fully saturated rings. The summed E-state index contributed by atoms with van der Waals surface area (Å²) >= 11 is 0. The first-order chi connectivity index (χ1) is 13.9. The second-order valence-electron chi connectivity index (χ2n) is 8.65. The lowest BCUT2D eigenvalue weighted by atomic mass is 10.0. The number of hydrogen-bond acceptors (Lipinski definition) is 4. The van der Waals surface area contributed by atoms with E-state index in [1.54, 1.807) is 19.2 Å². The van der Waals surface area contributed by atoms with Gasteiger partial charge in [-0.3, -0.25) is 9.89 Å². The Morgan fingerprint density at radius 1 is 1.34 bits per heavy atom. The molecule has 1 atom stereocenters. The number of aliphatic imine (C=N–C) groups is 1. The van der Waals surface area contributed by atoms with E-state index in [4.69, 9.17) is 9.47 Å². The fraction of sp³-hybridized carbons (Fsp3) is 0.682. The summed E-state index contributed by atoms with van der Waals surface area (Å²) in [5, 5.41) is 6.76. The molecule has 0 amide bonds. The Labute approximate surface area is 173 Å². The fourth-order valence-electron chi connectivity index (χ4n) is 3.46. The van der Waals surface area contributed by atoms with Gasteiger partial charge in [-0.1, -0.05) is 6.07 Å². The third-order valence-corrected chi connectivity index (χ3v) is 5.76. The van der Waals surface area contributed by atoms with E-state index < -0.39 is 0 Å². The third-order valence-electron chi connectivity index (χ3n) is 5.76. The van der Waals surface area contributed by atoms with Crippen LogP contribution in [0.25, 0.3) is 0 Å². The van der Waals surface area contributed by atoms with Crippen molar-refractivity contribution in [1.82, 2.24) is 15.5 Å². The summed E-state index contributed by atoms with van der Waals surface area (Å²) in [7, 11) is 1.75. The molecule has 0 radical (unpaired) electrons. The van der Waals surface area contributed by atoms with Crippen molar-refractivity contribution in [1.29, 1.82) is 0 Å². The number of benzene rings is 1. The van der Waals surface area contributed by atoms with Gasteiger partial charge in [0.25, 0.3) is 0 Å². The zero-order valence-electron chi connectivity index (χ0n) is 18.1. The summed E-state index contributed by atoms with van der Waals surface area (Å²) < 4.78 is 25.4. The number of ether oxygens (including phenoxy) is 2. The van der Waals surface area contributed by atoms with Crippen LogP contribution in [0, 0.1) is 11.7 Å². The number of morpholine rings is 1. The van der Waals surface area contributed by atoms with Crippen molar-refractivity contribution in [2.24, 2.45) is 10.9 Å². The molecule has 2 N–H and O–H groups in total. The summed E-state index contributed by atoms with van der Waals surface area (Å²) in [4.78, 5) is 6.76. The van der Waals surface area contributed by atoms with Crippen LogP contribution in [0.4, 0.5) is 4.39 Å². The summed E-state index contributed by atoms with van der Waals surface area (Å²) in [5.74, 6) is 1.33. The normalized spacial score (nSPS) is 19.7. The van der Waals surface area contributed by atoms with Gasteiger partial charge in [-0.25, -0.2) is 4.39 Å². The second kappa shape index (κ2) is 9.76. The van der Waals surface area contributed by atoms with E-state index in [9.17, 15) is 4.39 Å². The molecule has 6 nitrogen and oxygen atoms in total. The molecule has 0 bridgehead atoms. The first-order valence-corrected chi connectivity index (χ1v) is 10.6. The van der Waals surface area contributed by atoms with Crippen LogP contribution in [-0.2, 0) is 4.74 Å². The zero-order chi connectivity index (χ0) is 20.9. The first kappa shape index (κ1) is 21.8. The zero-order valence-corrected chi connectivity index (χ0v) is 18.1. The van der Waals surface area contributed by atoms with Gasteiger partial charge in [-0.15, -0.1) is 0 Å². The third kappa shape index (κ3) is 6.31. The number of guanidine groups is 1. The molecule has 1 saturated carbocycles. The molecule has 1 heterocycles. The van der Waals surface area contributed by atoms with Crippen LogP contribution in [-0.4, -0.2) is 62.9 Å². The van der Waals surface area contributed by atoms with Crippen molar-refractivity contribution in [2.45, 2.75) is 45.2 Å². The Balaban J connectivity index is 1.52. The lowest BCUT2D eigenvalue weighted by molar-refractivity contribution is -0.00834. The maximum atomic E-state index is 14.4. The van der Waals surface area contributed by atoms with Crippen LogP contribution >= 0.6 is 0 Å². The maximum Gasteiger partial charge on any atom is 0.191 e. The molecular formula is C22H35FN4O2. The fourth-order valence-corrected chi connectivity index (χ4v) is 3.46. The minimum atomic E-state index is -0.312. The lowest BCUT2D eigenvalue weighted by Crippen LogP contribution is -2.56. The molecule has 1 aromatic carbocycles. The highest BCUT2D eigenvalue weighted by molar-refractivity contribution is 5.80. The number of nitrogens with zero attached hydrogens (tertiary/aromatic N) is 2. The Kier molecular flexibility index (Phi) is 7.35. The van der Waals surface area contributed by atoms with Gasteiger partial charge in [-0.2, -0.15) is 0 Å². The van der Waals surface area contributed by atoms with Crippen molar-refractivity contribution in [2.75, 3.05) is 46.5 Å². The van der Waals surface area contributed by atoms with E-state index in [1.165, 1.54) is 12.8 Å². The van der Waals surface area contributed by atoms with Gasteiger partial charge >= 0.3 is 0 Å². The Morgan fingerprint density at radius 2 is 2.07 bits per heavy atom. The number of rotatable bonds is 8. The Bertz CT molecular complexity index is 700. The van der Waals surface area contributed by atoms with Crippen molar-refractivity contribution < 1.29 is 13.9 Å². The minimum absolute atomic E-state index is 0.0166. The predicted octanol–water partition coefficient (Wildman–Crippen LogP) is 2.95. The molecule has 7 heteroatoms. The Morgan fingerprint density at radius 3 is 2.69 bits per heavy atom. The van der Waals surface area contributed by atoms with Crippen LogP contribution < -0.4 is 15.4 Å². The molecule has 1 aromatic rings. The molecule has 2 aliphatic rings. The molecule has 0 aromatic heterocycles. The van der Waals surface area contributed by atoms with E-state index in [1.807, 2.05) is 13.0 Å². The largest absolute Gasteiger partial charge is 0.490 e. The van der Waals surface area contributed by atoms with Crippen molar-refractivity contribution in [3.63, 3.8) is 0 Å². The highest BCUT2D eigenvalue weighted by Gasteiger charge is 2.28. The van der Waals surface area contributed by atoms with Crippen molar-refractivity contribution in [3.8, 4) is 5.75 Å². The smallest absolute Gasteiger partial charge is 0.191 e. The van der Waals surface area contributed by atoms with Crippen LogP contribution in [0.1, 0.15) is 45.2 Å². The monoisotopic (exact) mass is 406 g/mol. The highest BCUT2D eigenvalue weighted by Crippen LogP contribution is 2.30. The SMILES string of the molecule is CN=C(NCC(C)(C)N1CCOCC1)NC(C)c1ccc(OCC2CC2)c(F)c1. The summed E-state index contributed by atoms with van der Waals surface area (Å²) in [5.41, 5.74) is 0.841. The number of halogens is 1. The maximum absolute atomic E-state index is 14.4. The van der Waals surface area contributed by atoms with Crippen molar-refractivity contribution >= 4 is 5.96 Å². The van der Waals surface area contributed by atoms with Gasteiger partial charge in [-0.05, 0) is 57.2 Å². The minimum Gasteiger partial charge on any atom is -0.490 e. The van der Waals surface area contributed by atoms with Gasteiger partial charge in [0.2, 0.25) is 0 Å². The quantitative estimate of drug-likeness (QED) is 0.514. The average molecular weight is 407 g/mol. The number of hydrogen-bond donors (Lipinski definition) is 2. The molecule has 1 aliphatic heterocycles. The van der Waals surface area contributed by atoms with Gasteiger partial charge in [0.1, 0.15) is 0 Å². The van der Waals surface area contributed by atoms with E-state index >= 15 is 0 Å². The Hall–Kier alpha value is -1.86. The van der Waals surface area contributed by atoms with E-state index in [-0.39, 0.29) is 17.4 Å². The van der Waals surface area contributed by atoms with Gasteiger partial charge in [0, 0.05) is 32.2 Å². The van der Waals surface area contributed by atoms with Crippen LogP contribution in [0.3, 0.4) is 0 Å². The highest BCUT2D eigenvalue weighted by atomic mass is 19.1. The summed E-state index contributed by atoms with van der Waals surface area (Å²) in [6.45, 7) is 11.2. The standard InChI is InChI=1S/C22H35FN4O2/c1-16(18-7-8-20(19(23)13-18)29-14-17-5-6-17)26-21(24-4)25-15-22(2,3)27-9-11-28-12-10-27/h7-8,13,16-17H,5-6,9-12,14-15H2,1-4H3,(H2,24,25,26). The molecule has 1 saturated heterocycles. The van der Waals surface area contributed by atoms with E-state index in [2.05, 4.69) is 34.4 Å². The summed E-state index contributed by atoms with van der Waals surface area (Å²) in [6, 6.07) is 5.10. The number of nitrogens with one attached hydrogen (secondary N) is 2. The molecule has 3 rings (SSSR count). The molecule has 29 heavy (non-hydrogen) atoms. The van der Waals surface area contributed by atoms with E-state index in [0.717, 1.165) is 38.4 Å². The van der Waals surface area contributed by atoms with E-state index in [0.29, 0.717) is 24.2 Å². The van der Waals surface area contributed by atoms with Gasteiger partial charge in [0.05, 0.1) is 25.9 Å². The van der Waals surface area contributed by atoms with Crippen LogP contribution in [0.5, 0.6) is 5.75 Å². The molecule has 1 aliphatic carbocycles. The van der Waals surface area contributed by atoms with Gasteiger partial charge in [0.15, 0.2) is 17.5 Å². The first-order valence-electron chi connectivity index (χ1n) is 10.6. The van der Waals surface area contributed by atoms with Crippen molar-refractivity contribution in [3.05, 3.63) is 29.6 Å². The molecule has 1 unspecified atom stereocenters.